The summed E-state index contributed by atoms with van der Waals surface area (Å²) in [4.78, 5) is 20.9. The summed E-state index contributed by atoms with van der Waals surface area (Å²) in [5.74, 6) is -1.38. The van der Waals surface area contributed by atoms with E-state index in [0.29, 0.717) is 34.3 Å². The molecule has 0 aliphatic rings. The maximum absolute atomic E-state index is 13.8. The molecule has 35 heavy (non-hydrogen) atoms. The lowest BCUT2D eigenvalue weighted by atomic mass is 9.97. The molecular weight excluding hydrogens is 445 g/mol. The molecule has 0 aliphatic carbocycles. The van der Waals surface area contributed by atoms with Crippen LogP contribution < -0.4 is 0 Å². The quantitative estimate of drug-likeness (QED) is 0.288. The highest BCUT2D eigenvalue weighted by atomic mass is 19.1. The molecule has 0 bridgehead atoms. The molecule has 0 unspecified atom stereocenters. The van der Waals surface area contributed by atoms with Crippen LogP contribution >= 0.6 is 0 Å². The number of aromatic amines is 1. The molecule has 4 aromatic rings. The van der Waals surface area contributed by atoms with Gasteiger partial charge in [-0.3, -0.25) is 4.79 Å². The summed E-state index contributed by atoms with van der Waals surface area (Å²) in [5, 5.41) is 20.5. The number of halogens is 1. The first kappa shape index (κ1) is 24.2. The number of aliphatic carboxylic acids is 1. The van der Waals surface area contributed by atoms with E-state index in [-0.39, 0.29) is 12.3 Å². The van der Waals surface area contributed by atoms with Crippen LogP contribution in [0.4, 0.5) is 10.1 Å². The Kier molecular flexibility index (Phi) is 7.27. The van der Waals surface area contributed by atoms with Gasteiger partial charge in [0.1, 0.15) is 5.82 Å². The van der Waals surface area contributed by atoms with Crippen molar-refractivity contribution in [2.24, 2.45) is 4.99 Å². The van der Waals surface area contributed by atoms with E-state index in [0.717, 1.165) is 24.1 Å². The first-order valence-electron chi connectivity index (χ1n) is 11.4. The van der Waals surface area contributed by atoms with Crippen molar-refractivity contribution in [1.82, 2.24) is 9.88 Å². The van der Waals surface area contributed by atoms with Crippen molar-refractivity contribution in [3.8, 4) is 5.88 Å². The number of hydrogen-bond donors (Lipinski definition) is 3. The molecule has 0 fully saturated rings. The van der Waals surface area contributed by atoms with E-state index >= 15 is 0 Å². The van der Waals surface area contributed by atoms with Crippen LogP contribution in [0.3, 0.4) is 0 Å². The van der Waals surface area contributed by atoms with Crippen molar-refractivity contribution in [2.75, 3.05) is 20.6 Å². The molecule has 1 heterocycles. The van der Waals surface area contributed by atoms with Crippen molar-refractivity contribution >= 4 is 28.3 Å². The Morgan fingerprint density at radius 1 is 1.00 bits per heavy atom. The van der Waals surface area contributed by atoms with Gasteiger partial charge in [-0.1, -0.05) is 30.3 Å². The standard InChI is InChI=1S/C28H28FN3O3/c1-32(2)15-14-18-6-10-22(11-7-18)30-27(20-5-3-4-19(16-20)8-13-25(33)34)26-23-12-9-21(29)17-24(23)31-28(26)35/h3-7,9-12,16-17,31,35H,8,13-15H2,1-2H3,(H,33,34). The summed E-state index contributed by atoms with van der Waals surface area (Å²) < 4.78 is 13.8. The molecule has 7 heteroatoms. The van der Waals surface area contributed by atoms with Crippen LogP contribution in [0, 0.1) is 5.82 Å². The summed E-state index contributed by atoms with van der Waals surface area (Å²) in [6, 6.07) is 19.7. The summed E-state index contributed by atoms with van der Waals surface area (Å²) in [6.45, 7) is 0.941. The number of aryl methyl sites for hydroxylation is 1. The van der Waals surface area contributed by atoms with Gasteiger partial charge < -0.3 is 20.1 Å². The minimum absolute atomic E-state index is 0.0158. The van der Waals surface area contributed by atoms with E-state index in [1.807, 2.05) is 62.6 Å². The van der Waals surface area contributed by atoms with Crippen LogP contribution in [-0.4, -0.2) is 52.4 Å². The highest BCUT2D eigenvalue weighted by Crippen LogP contribution is 2.32. The number of nitrogens with one attached hydrogen (secondary N) is 1. The molecule has 0 radical (unpaired) electrons. The Morgan fingerprint density at radius 2 is 1.77 bits per heavy atom. The zero-order valence-corrected chi connectivity index (χ0v) is 19.8. The SMILES string of the molecule is CN(C)CCc1ccc(N=C(c2cccc(CCC(=O)O)c2)c2c(O)[nH]c3cc(F)ccc23)cc1. The van der Waals surface area contributed by atoms with Crippen molar-refractivity contribution in [3.63, 3.8) is 0 Å². The predicted octanol–water partition coefficient (Wildman–Crippen LogP) is 5.30. The fraction of sp³-hybridized carbons (Fsp3) is 0.214. The van der Waals surface area contributed by atoms with Crippen LogP contribution in [0.15, 0.2) is 71.7 Å². The van der Waals surface area contributed by atoms with Gasteiger partial charge in [-0.05, 0) is 74.5 Å². The third-order valence-electron chi connectivity index (χ3n) is 5.83. The smallest absolute Gasteiger partial charge is 0.303 e. The summed E-state index contributed by atoms with van der Waals surface area (Å²) >= 11 is 0. The molecule has 0 saturated heterocycles. The van der Waals surface area contributed by atoms with E-state index in [4.69, 9.17) is 10.1 Å². The van der Waals surface area contributed by atoms with Gasteiger partial charge in [0.15, 0.2) is 5.88 Å². The predicted molar refractivity (Wildman–Crippen MR) is 136 cm³/mol. The monoisotopic (exact) mass is 473 g/mol. The lowest BCUT2D eigenvalue weighted by Gasteiger charge is -2.11. The van der Waals surface area contributed by atoms with Crippen molar-refractivity contribution < 1.29 is 19.4 Å². The van der Waals surface area contributed by atoms with Crippen LogP contribution in [0.25, 0.3) is 10.9 Å². The van der Waals surface area contributed by atoms with Gasteiger partial charge in [-0.2, -0.15) is 0 Å². The maximum atomic E-state index is 13.8. The third-order valence-corrected chi connectivity index (χ3v) is 5.83. The number of nitrogens with zero attached hydrogens (tertiary/aromatic N) is 2. The topological polar surface area (TPSA) is 88.9 Å². The van der Waals surface area contributed by atoms with Crippen LogP contribution in [0.1, 0.15) is 28.7 Å². The van der Waals surface area contributed by atoms with E-state index in [2.05, 4.69) is 9.88 Å². The molecule has 3 aromatic carbocycles. The largest absolute Gasteiger partial charge is 0.494 e. The normalized spacial score (nSPS) is 11.9. The molecular formula is C28H28FN3O3. The van der Waals surface area contributed by atoms with Gasteiger partial charge in [0.05, 0.1) is 22.5 Å². The van der Waals surface area contributed by atoms with Gasteiger partial charge >= 0.3 is 5.97 Å². The molecule has 6 nitrogen and oxygen atoms in total. The van der Waals surface area contributed by atoms with Gasteiger partial charge in [0, 0.05) is 23.9 Å². The average Bonchev–Trinajstić information content (AvgIpc) is 3.15. The first-order chi connectivity index (χ1) is 16.8. The Hall–Kier alpha value is -3.97. The number of carboxylic acid groups (broad SMARTS) is 1. The van der Waals surface area contributed by atoms with Gasteiger partial charge in [-0.15, -0.1) is 0 Å². The van der Waals surface area contributed by atoms with Crippen LogP contribution in [0.5, 0.6) is 5.88 Å². The van der Waals surface area contributed by atoms with Crippen LogP contribution in [-0.2, 0) is 17.6 Å². The van der Waals surface area contributed by atoms with Gasteiger partial charge in [0.2, 0.25) is 0 Å². The second kappa shape index (κ2) is 10.5. The molecule has 0 aliphatic heterocycles. The molecule has 1 aromatic heterocycles. The number of H-pyrrole nitrogens is 1. The van der Waals surface area contributed by atoms with E-state index < -0.39 is 11.8 Å². The molecule has 0 spiro atoms. The Morgan fingerprint density at radius 3 is 2.49 bits per heavy atom. The summed E-state index contributed by atoms with van der Waals surface area (Å²) in [7, 11) is 4.07. The number of fused-ring (bicyclic) bond motifs is 1. The van der Waals surface area contributed by atoms with Crippen molar-refractivity contribution in [3.05, 3.63) is 94.8 Å². The number of aromatic hydroxyl groups is 1. The highest BCUT2D eigenvalue weighted by Gasteiger charge is 2.19. The second-order valence-corrected chi connectivity index (χ2v) is 8.81. The lowest BCUT2D eigenvalue weighted by Crippen LogP contribution is -2.14. The van der Waals surface area contributed by atoms with E-state index in [1.54, 1.807) is 6.07 Å². The maximum Gasteiger partial charge on any atom is 0.303 e. The second-order valence-electron chi connectivity index (χ2n) is 8.81. The number of carbonyl (C=O) groups is 1. The molecule has 180 valence electrons. The number of rotatable bonds is 9. The van der Waals surface area contributed by atoms with Crippen molar-refractivity contribution in [1.29, 1.82) is 0 Å². The zero-order valence-electron chi connectivity index (χ0n) is 19.8. The fourth-order valence-corrected chi connectivity index (χ4v) is 4.00. The highest BCUT2D eigenvalue weighted by molar-refractivity contribution is 6.21. The number of aliphatic imine (C=N–C) groups is 1. The molecule has 0 atom stereocenters. The minimum Gasteiger partial charge on any atom is -0.494 e. The Labute approximate surface area is 203 Å². The number of aromatic nitrogens is 1. The van der Waals surface area contributed by atoms with Gasteiger partial charge in [-0.25, -0.2) is 9.38 Å². The third kappa shape index (κ3) is 5.94. The summed E-state index contributed by atoms with van der Waals surface area (Å²) in [5.41, 5.74) is 4.92. The van der Waals surface area contributed by atoms with Crippen molar-refractivity contribution in [2.45, 2.75) is 19.3 Å². The Bertz CT molecular complexity index is 1370. The van der Waals surface area contributed by atoms with E-state index in [9.17, 15) is 14.3 Å². The lowest BCUT2D eigenvalue weighted by molar-refractivity contribution is -0.136. The zero-order chi connectivity index (χ0) is 24.9. The molecule has 3 N–H and O–H groups in total. The average molecular weight is 474 g/mol. The van der Waals surface area contributed by atoms with Crippen LogP contribution in [0.2, 0.25) is 0 Å². The van der Waals surface area contributed by atoms with E-state index in [1.165, 1.54) is 17.7 Å². The number of hydrogen-bond acceptors (Lipinski definition) is 4. The Balaban J connectivity index is 1.80. The minimum atomic E-state index is -0.866. The molecule has 0 amide bonds. The number of likely N-dealkylation sites (N-methyl/N-ethyl adjacent to an activating group) is 1. The first-order valence-corrected chi connectivity index (χ1v) is 11.4. The number of benzene rings is 3. The van der Waals surface area contributed by atoms with Gasteiger partial charge in [0.25, 0.3) is 0 Å². The molecule has 0 saturated carbocycles. The molecule has 4 rings (SSSR count). The fourth-order valence-electron chi connectivity index (χ4n) is 4.00. The summed E-state index contributed by atoms with van der Waals surface area (Å²) in [6.07, 6.45) is 1.31. The number of carboxylic acids is 1.